The van der Waals surface area contributed by atoms with Gasteiger partial charge in [-0.3, -0.25) is 4.79 Å². The summed E-state index contributed by atoms with van der Waals surface area (Å²) >= 11 is 1.49. The largest absolute Gasteiger partial charge is 0.351 e. The molecular formula is C18H18FN3OS. The molecule has 1 heterocycles. The van der Waals surface area contributed by atoms with Crippen molar-refractivity contribution in [1.29, 1.82) is 0 Å². The maximum atomic E-state index is 13.5. The van der Waals surface area contributed by atoms with E-state index in [9.17, 15) is 9.18 Å². The van der Waals surface area contributed by atoms with Gasteiger partial charge >= 0.3 is 0 Å². The standard InChI is InChI=1S/C18H18FN3OS/c1-12(18-21-15-8-4-5-9-16(15)22-18)24-11-17(23)20-10-13-6-2-3-7-14(13)19/h2-9,12H,10-11H2,1H3,(H,20,23)(H,21,22)/t12-/m0/s1. The molecular weight excluding hydrogens is 325 g/mol. The molecule has 0 aliphatic heterocycles. The smallest absolute Gasteiger partial charge is 0.230 e. The fraction of sp³-hybridized carbons (Fsp3) is 0.222. The summed E-state index contributed by atoms with van der Waals surface area (Å²) < 4.78 is 13.5. The van der Waals surface area contributed by atoms with Crippen molar-refractivity contribution in [2.45, 2.75) is 18.7 Å². The summed E-state index contributed by atoms with van der Waals surface area (Å²) in [6, 6.07) is 14.3. The molecule has 1 aromatic heterocycles. The third-order valence-electron chi connectivity index (χ3n) is 3.69. The first-order chi connectivity index (χ1) is 11.6. The Bertz CT molecular complexity index is 816. The number of aromatic nitrogens is 2. The number of halogens is 1. The van der Waals surface area contributed by atoms with E-state index in [0.29, 0.717) is 11.3 Å². The lowest BCUT2D eigenvalue weighted by molar-refractivity contribution is -0.118. The fourth-order valence-corrected chi connectivity index (χ4v) is 3.10. The molecule has 3 rings (SSSR count). The van der Waals surface area contributed by atoms with Crippen molar-refractivity contribution in [3.05, 3.63) is 65.7 Å². The van der Waals surface area contributed by atoms with Gasteiger partial charge < -0.3 is 10.3 Å². The van der Waals surface area contributed by atoms with Crippen molar-refractivity contribution in [2.24, 2.45) is 0 Å². The second-order valence-corrected chi connectivity index (χ2v) is 6.79. The quantitative estimate of drug-likeness (QED) is 0.715. The molecule has 0 spiro atoms. The third-order valence-corrected chi connectivity index (χ3v) is 4.84. The Kier molecular flexibility index (Phi) is 5.15. The molecule has 0 aliphatic rings. The summed E-state index contributed by atoms with van der Waals surface area (Å²) in [5, 5.41) is 2.81. The van der Waals surface area contributed by atoms with Gasteiger partial charge in [0.2, 0.25) is 5.91 Å². The van der Waals surface area contributed by atoms with E-state index in [1.807, 2.05) is 31.2 Å². The van der Waals surface area contributed by atoms with Crippen LogP contribution in [0, 0.1) is 5.82 Å². The van der Waals surface area contributed by atoms with Crippen LogP contribution in [0.1, 0.15) is 23.6 Å². The van der Waals surface area contributed by atoms with E-state index in [4.69, 9.17) is 0 Å². The number of amides is 1. The number of aromatic amines is 1. The highest BCUT2D eigenvalue weighted by atomic mass is 32.2. The lowest BCUT2D eigenvalue weighted by Gasteiger charge is -2.09. The van der Waals surface area contributed by atoms with Crippen LogP contribution in [-0.2, 0) is 11.3 Å². The fourth-order valence-electron chi connectivity index (χ4n) is 2.33. The van der Waals surface area contributed by atoms with E-state index in [2.05, 4.69) is 15.3 Å². The van der Waals surface area contributed by atoms with Gasteiger partial charge in [0.05, 0.1) is 22.0 Å². The van der Waals surface area contributed by atoms with Gasteiger partial charge in [-0.1, -0.05) is 30.3 Å². The molecule has 1 amide bonds. The predicted molar refractivity (Wildman–Crippen MR) is 95.2 cm³/mol. The second kappa shape index (κ2) is 7.49. The van der Waals surface area contributed by atoms with Crippen LogP contribution in [-0.4, -0.2) is 21.6 Å². The molecule has 0 bridgehead atoms. The molecule has 6 heteroatoms. The summed E-state index contributed by atoms with van der Waals surface area (Å²) in [6.07, 6.45) is 0. The zero-order valence-electron chi connectivity index (χ0n) is 13.3. The summed E-state index contributed by atoms with van der Waals surface area (Å²) in [5.41, 5.74) is 2.40. The van der Waals surface area contributed by atoms with E-state index in [1.54, 1.807) is 18.2 Å². The Morgan fingerprint density at radius 3 is 2.79 bits per heavy atom. The van der Waals surface area contributed by atoms with Crippen molar-refractivity contribution in [3.63, 3.8) is 0 Å². The summed E-state index contributed by atoms with van der Waals surface area (Å²) in [5.74, 6) is 0.725. The zero-order chi connectivity index (χ0) is 16.9. The Morgan fingerprint density at radius 1 is 1.25 bits per heavy atom. The van der Waals surface area contributed by atoms with Gasteiger partial charge in [-0.15, -0.1) is 11.8 Å². The first kappa shape index (κ1) is 16.5. The number of benzene rings is 2. The maximum Gasteiger partial charge on any atom is 0.230 e. The molecule has 24 heavy (non-hydrogen) atoms. The number of nitrogens with zero attached hydrogens (tertiary/aromatic N) is 1. The molecule has 0 radical (unpaired) electrons. The lowest BCUT2D eigenvalue weighted by atomic mass is 10.2. The van der Waals surface area contributed by atoms with Crippen LogP contribution in [0.3, 0.4) is 0 Å². The number of nitrogens with one attached hydrogen (secondary N) is 2. The molecule has 0 saturated carbocycles. The predicted octanol–water partition coefficient (Wildman–Crippen LogP) is 3.81. The molecule has 0 unspecified atom stereocenters. The second-order valence-electron chi connectivity index (χ2n) is 5.46. The Balaban J connectivity index is 1.51. The highest BCUT2D eigenvalue weighted by Crippen LogP contribution is 2.27. The Hall–Kier alpha value is -2.34. The van der Waals surface area contributed by atoms with Crippen molar-refractivity contribution >= 4 is 28.7 Å². The van der Waals surface area contributed by atoms with Crippen molar-refractivity contribution in [3.8, 4) is 0 Å². The number of carbonyl (C=O) groups is 1. The number of H-pyrrole nitrogens is 1. The van der Waals surface area contributed by atoms with Crippen LogP contribution < -0.4 is 5.32 Å². The molecule has 4 nitrogen and oxygen atoms in total. The number of carbonyl (C=O) groups excluding carboxylic acids is 1. The topological polar surface area (TPSA) is 57.8 Å². The first-order valence-corrected chi connectivity index (χ1v) is 8.74. The first-order valence-electron chi connectivity index (χ1n) is 7.70. The van der Waals surface area contributed by atoms with Gasteiger partial charge in [0.25, 0.3) is 0 Å². The Labute approximate surface area is 143 Å². The highest BCUT2D eigenvalue weighted by Gasteiger charge is 2.13. The molecule has 2 N–H and O–H groups in total. The normalized spacial score (nSPS) is 12.2. The van der Waals surface area contributed by atoms with E-state index in [1.165, 1.54) is 17.8 Å². The van der Waals surface area contributed by atoms with Crippen LogP contribution in [0.15, 0.2) is 48.5 Å². The van der Waals surface area contributed by atoms with Gasteiger partial charge in [-0.05, 0) is 25.1 Å². The molecule has 0 saturated heterocycles. The summed E-state index contributed by atoms with van der Waals surface area (Å²) in [6.45, 7) is 2.21. The number of imidazole rings is 1. The third kappa shape index (κ3) is 3.94. The monoisotopic (exact) mass is 343 g/mol. The van der Waals surface area contributed by atoms with Crippen LogP contribution >= 0.6 is 11.8 Å². The summed E-state index contributed by atoms with van der Waals surface area (Å²) in [4.78, 5) is 19.8. The molecule has 3 aromatic rings. The van der Waals surface area contributed by atoms with Gasteiger partial charge in [-0.2, -0.15) is 0 Å². The maximum absolute atomic E-state index is 13.5. The minimum absolute atomic E-state index is 0.0663. The van der Waals surface area contributed by atoms with Crippen LogP contribution in [0.4, 0.5) is 4.39 Å². The molecule has 2 aromatic carbocycles. The van der Waals surface area contributed by atoms with Crippen LogP contribution in [0.2, 0.25) is 0 Å². The summed E-state index contributed by atoms with van der Waals surface area (Å²) in [7, 11) is 0. The average molecular weight is 343 g/mol. The molecule has 0 aliphatic carbocycles. The van der Waals surface area contributed by atoms with Gasteiger partial charge in [0.15, 0.2) is 0 Å². The molecule has 0 fully saturated rings. The van der Waals surface area contributed by atoms with E-state index in [-0.39, 0.29) is 23.5 Å². The Morgan fingerprint density at radius 2 is 2.00 bits per heavy atom. The minimum atomic E-state index is -0.305. The number of thioether (sulfide) groups is 1. The number of hydrogen-bond acceptors (Lipinski definition) is 3. The van der Waals surface area contributed by atoms with Gasteiger partial charge in [0, 0.05) is 12.1 Å². The highest BCUT2D eigenvalue weighted by molar-refractivity contribution is 8.00. The minimum Gasteiger partial charge on any atom is -0.351 e. The SMILES string of the molecule is C[C@H](SCC(=O)NCc1ccccc1F)c1nc2ccccc2[nH]1. The number of fused-ring (bicyclic) bond motifs is 1. The van der Waals surface area contributed by atoms with Gasteiger partial charge in [-0.25, -0.2) is 9.37 Å². The number of rotatable bonds is 6. The van der Waals surface area contributed by atoms with E-state index in [0.717, 1.165) is 16.9 Å². The van der Waals surface area contributed by atoms with Crippen molar-refractivity contribution < 1.29 is 9.18 Å². The number of para-hydroxylation sites is 2. The zero-order valence-corrected chi connectivity index (χ0v) is 14.1. The lowest BCUT2D eigenvalue weighted by Crippen LogP contribution is -2.25. The van der Waals surface area contributed by atoms with Crippen molar-refractivity contribution in [1.82, 2.24) is 15.3 Å². The molecule has 1 atom stereocenters. The average Bonchev–Trinajstić information content (AvgIpc) is 3.03. The van der Waals surface area contributed by atoms with Crippen LogP contribution in [0.25, 0.3) is 11.0 Å². The van der Waals surface area contributed by atoms with E-state index >= 15 is 0 Å². The van der Waals surface area contributed by atoms with Crippen molar-refractivity contribution in [2.75, 3.05) is 5.75 Å². The number of hydrogen-bond donors (Lipinski definition) is 2. The van der Waals surface area contributed by atoms with E-state index < -0.39 is 0 Å². The van der Waals surface area contributed by atoms with Crippen LogP contribution in [0.5, 0.6) is 0 Å². The molecule has 124 valence electrons. The van der Waals surface area contributed by atoms with Gasteiger partial charge in [0.1, 0.15) is 11.6 Å².